The number of ether oxygens (including phenoxy) is 2. The fraction of sp³-hybridized carbons (Fsp3) is 0.0333. The van der Waals surface area contributed by atoms with E-state index in [1.54, 1.807) is 61.7 Å². The lowest BCUT2D eigenvalue weighted by molar-refractivity contribution is 0.0734. The molecule has 38 heavy (non-hydrogen) atoms. The number of hydrogen-bond donors (Lipinski definition) is 2. The van der Waals surface area contributed by atoms with Gasteiger partial charge in [-0.1, -0.05) is 60.1 Å². The van der Waals surface area contributed by atoms with Crippen LogP contribution in [0.5, 0.6) is 11.5 Å². The van der Waals surface area contributed by atoms with Gasteiger partial charge < -0.3 is 14.5 Å². The van der Waals surface area contributed by atoms with E-state index in [9.17, 15) is 9.59 Å². The van der Waals surface area contributed by atoms with Crippen molar-refractivity contribution in [2.45, 2.75) is 0 Å². The predicted octanol–water partition coefficient (Wildman–Crippen LogP) is 6.48. The summed E-state index contributed by atoms with van der Waals surface area (Å²) in [6, 6.07) is 28.5. The summed E-state index contributed by atoms with van der Waals surface area (Å²) in [4.78, 5) is 29.0. The number of nitrogens with one attached hydrogen (secondary N) is 2. The van der Waals surface area contributed by atoms with Gasteiger partial charge in [0, 0.05) is 32.6 Å². The number of amides is 1. The van der Waals surface area contributed by atoms with Crippen molar-refractivity contribution < 1.29 is 19.1 Å². The van der Waals surface area contributed by atoms with E-state index in [1.807, 2.05) is 42.5 Å². The summed E-state index contributed by atoms with van der Waals surface area (Å²) >= 11 is 6.47. The lowest BCUT2D eigenvalue weighted by atomic mass is 10.0. The number of hydrogen-bond acceptors (Lipinski definition) is 5. The number of H-pyrrole nitrogens is 1. The second-order valence-corrected chi connectivity index (χ2v) is 8.66. The average Bonchev–Trinajstić information content (AvgIpc) is 3.34. The topological polar surface area (TPSA) is 92.8 Å². The number of halogens is 1. The van der Waals surface area contributed by atoms with Crippen LogP contribution in [0.25, 0.3) is 22.0 Å². The standard InChI is InChI=1S/C30H22ClN3O4/c1-37-21-16-14-19(15-17-21)30(36)38-26-13-7-2-8-20(26)18-32-34-29(35)28-27(22-9-3-5-11-24(22)31)23-10-4-6-12-25(23)33-28/h2-18,33H,1H3,(H,34,35). The Morgan fingerprint density at radius 1 is 0.895 bits per heavy atom. The van der Waals surface area contributed by atoms with Crippen molar-refractivity contribution in [3.05, 3.63) is 119 Å². The summed E-state index contributed by atoms with van der Waals surface area (Å²) in [5.74, 6) is -0.0359. The van der Waals surface area contributed by atoms with Crippen LogP contribution in [0, 0.1) is 0 Å². The molecule has 8 heteroatoms. The number of fused-ring (bicyclic) bond motifs is 1. The first kappa shape index (κ1) is 24.8. The van der Waals surface area contributed by atoms with Crippen molar-refractivity contribution in [2.24, 2.45) is 5.10 Å². The highest BCUT2D eigenvalue weighted by Gasteiger charge is 2.20. The van der Waals surface area contributed by atoms with E-state index in [2.05, 4.69) is 15.5 Å². The molecule has 0 aliphatic carbocycles. The van der Waals surface area contributed by atoms with Crippen LogP contribution in [0.2, 0.25) is 5.02 Å². The van der Waals surface area contributed by atoms with Crippen molar-refractivity contribution in [1.29, 1.82) is 0 Å². The van der Waals surface area contributed by atoms with Crippen LogP contribution in [-0.2, 0) is 0 Å². The van der Waals surface area contributed by atoms with Crippen molar-refractivity contribution in [2.75, 3.05) is 7.11 Å². The van der Waals surface area contributed by atoms with Gasteiger partial charge in [-0.25, -0.2) is 10.2 Å². The number of esters is 1. The Hall–Kier alpha value is -4.88. The van der Waals surface area contributed by atoms with Crippen molar-refractivity contribution >= 4 is 40.6 Å². The van der Waals surface area contributed by atoms with E-state index >= 15 is 0 Å². The molecule has 188 valence electrons. The Kier molecular flexibility index (Phi) is 7.19. The molecule has 0 bridgehead atoms. The monoisotopic (exact) mass is 523 g/mol. The highest BCUT2D eigenvalue weighted by Crippen LogP contribution is 2.36. The lowest BCUT2D eigenvalue weighted by Crippen LogP contribution is -2.19. The largest absolute Gasteiger partial charge is 0.497 e. The quantitative estimate of drug-likeness (QED) is 0.110. The number of carbonyl (C=O) groups is 2. The Bertz CT molecular complexity index is 1660. The van der Waals surface area contributed by atoms with E-state index in [0.29, 0.717) is 38.9 Å². The van der Waals surface area contributed by atoms with Gasteiger partial charge in [0.1, 0.15) is 17.2 Å². The highest BCUT2D eigenvalue weighted by atomic mass is 35.5. The number of methoxy groups -OCH3 is 1. The van der Waals surface area contributed by atoms with Gasteiger partial charge >= 0.3 is 5.97 Å². The third-order valence-corrected chi connectivity index (χ3v) is 6.22. The van der Waals surface area contributed by atoms with Gasteiger partial charge in [-0.05, 0) is 48.5 Å². The minimum atomic E-state index is -0.528. The molecule has 1 amide bonds. The summed E-state index contributed by atoms with van der Waals surface area (Å²) < 4.78 is 10.7. The molecule has 0 unspecified atom stereocenters. The minimum Gasteiger partial charge on any atom is -0.497 e. The van der Waals surface area contributed by atoms with Crippen LogP contribution >= 0.6 is 11.6 Å². The van der Waals surface area contributed by atoms with Crippen LogP contribution in [0.3, 0.4) is 0 Å². The third-order valence-electron chi connectivity index (χ3n) is 5.89. The van der Waals surface area contributed by atoms with Crippen LogP contribution in [0.1, 0.15) is 26.4 Å². The lowest BCUT2D eigenvalue weighted by Gasteiger charge is -2.08. The van der Waals surface area contributed by atoms with Crippen molar-refractivity contribution in [1.82, 2.24) is 10.4 Å². The minimum absolute atomic E-state index is 0.300. The zero-order valence-corrected chi connectivity index (χ0v) is 21.0. The van der Waals surface area contributed by atoms with Crippen LogP contribution in [0.4, 0.5) is 0 Å². The number of hydrazone groups is 1. The molecule has 0 aliphatic rings. The third kappa shape index (κ3) is 5.14. The van der Waals surface area contributed by atoms with Gasteiger partial charge in [0.25, 0.3) is 5.91 Å². The first-order valence-corrected chi connectivity index (χ1v) is 12.1. The Morgan fingerprint density at radius 2 is 1.61 bits per heavy atom. The number of carbonyl (C=O) groups excluding carboxylic acids is 2. The number of para-hydroxylation sites is 2. The Labute approximate surface area is 223 Å². The summed E-state index contributed by atoms with van der Waals surface area (Å²) in [6.07, 6.45) is 1.42. The van der Waals surface area contributed by atoms with Gasteiger partial charge in [-0.2, -0.15) is 5.10 Å². The van der Waals surface area contributed by atoms with Crippen molar-refractivity contribution in [3.63, 3.8) is 0 Å². The molecular weight excluding hydrogens is 502 g/mol. The second kappa shape index (κ2) is 11.0. The number of aromatic amines is 1. The summed E-state index contributed by atoms with van der Waals surface area (Å²) in [5.41, 5.74) is 6.00. The second-order valence-electron chi connectivity index (χ2n) is 8.26. The first-order chi connectivity index (χ1) is 18.5. The zero-order chi connectivity index (χ0) is 26.5. The molecule has 0 saturated carbocycles. The first-order valence-electron chi connectivity index (χ1n) is 11.7. The summed E-state index contributed by atoms with van der Waals surface area (Å²) in [7, 11) is 1.55. The number of aromatic nitrogens is 1. The van der Waals surface area contributed by atoms with E-state index in [1.165, 1.54) is 6.21 Å². The van der Waals surface area contributed by atoms with Gasteiger partial charge in [0.15, 0.2) is 0 Å². The number of nitrogens with zero attached hydrogens (tertiary/aromatic N) is 1. The molecule has 1 aromatic heterocycles. The predicted molar refractivity (Wildman–Crippen MR) is 148 cm³/mol. The SMILES string of the molecule is COc1ccc(C(=O)Oc2ccccc2C=NNC(=O)c2[nH]c3ccccc3c2-c2ccccc2Cl)cc1. The molecular formula is C30H22ClN3O4. The number of benzene rings is 4. The molecule has 5 aromatic rings. The maximum Gasteiger partial charge on any atom is 0.343 e. The Morgan fingerprint density at radius 3 is 2.39 bits per heavy atom. The van der Waals surface area contributed by atoms with Gasteiger partial charge in [0.2, 0.25) is 0 Å². The highest BCUT2D eigenvalue weighted by molar-refractivity contribution is 6.34. The maximum atomic E-state index is 13.2. The fourth-order valence-corrected chi connectivity index (χ4v) is 4.27. The molecule has 0 radical (unpaired) electrons. The molecule has 0 fully saturated rings. The van der Waals surface area contributed by atoms with E-state index < -0.39 is 11.9 Å². The zero-order valence-electron chi connectivity index (χ0n) is 20.3. The molecule has 4 aromatic carbocycles. The smallest absolute Gasteiger partial charge is 0.343 e. The molecule has 7 nitrogen and oxygen atoms in total. The molecule has 1 heterocycles. The van der Waals surface area contributed by atoms with Crippen LogP contribution < -0.4 is 14.9 Å². The maximum absolute atomic E-state index is 13.2. The molecule has 5 rings (SSSR count). The van der Waals surface area contributed by atoms with Gasteiger partial charge in [-0.15, -0.1) is 0 Å². The van der Waals surface area contributed by atoms with E-state index in [0.717, 1.165) is 16.5 Å². The normalized spacial score (nSPS) is 11.0. The summed E-state index contributed by atoms with van der Waals surface area (Å²) in [6.45, 7) is 0. The molecule has 0 spiro atoms. The van der Waals surface area contributed by atoms with E-state index in [4.69, 9.17) is 21.1 Å². The van der Waals surface area contributed by atoms with Gasteiger partial charge in [0.05, 0.1) is 18.9 Å². The van der Waals surface area contributed by atoms with E-state index in [-0.39, 0.29) is 0 Å². The molecule has 0 atom stereocenters. The Balaban J connectivity index is 1.37. The fourth-order valence-electron chi connectivity index (χ4n) is 4.04. The summed E-state index contributed by atoms with van der Waals surface area (Å²) in [5, 5.41) is 5.52. The van der Waals surface area contributed by atoms with Crippen LogP contribution in [-0.4, -0.2) is 30.2 Å². The molecule has 0 aliphatic heterocycles. The van der Waals surface area contributed by atoms with Gasteiger partial charge in [-0.3, -0.25) is 4.79 Å². The number of rotatable bonds is 7. The molecule has 0 saturated heterocycles. The molecule has 2 N–H and O–H groups in total. The van der Waals surface area contributed by atoms with Crippen molar-refractivity contribution in [3.8, 4) is 22.6 Å². The van der Waals surface area contributed by atoms with Crippen LogP contribution in [0.15, 0.2) is 102 Å². The average molecular weight is 524 g/mol.